The van der Waals surface area contributed by atoms with Crippen molar-refractivity contribution in [1.82, 2.24) is 4.90 Å². The predicted molar refractivity (Wildman–Crippen MR) is 130 cm³/mol. The fourth-order valence-electron chi connectivity index (χ4n) is 2.99. The normalized spacial score (nSPS) is 13.2. The Balaban J connectivity index is 1.69. The Labute approximate surface area is 214 Å². The van der Waals surface area contributed by atoms with Crippen LogP contribution in [-0.4, -0.2) is 115 Å². The van der Waals surface area contributed by atoms with E-state index in [2.05, 4.69) is 6.92 Å². The summed E-state index contributed by atoms with van der Waals surface area (Å²) >= 11 is 0. The van der Waals surface area contributed by atoms with Crippen molar-refractivity contribution >= 4 is 17.8 Å². The van der Waals surface area contributed by atoms with Crippen LogP contribution in [0.1, 0.15) is 39.0 Å². The van der Waals surface area contributed by atoms with Gasteiger partial charge in [-0.15, -0.1) is 0 Å². The zero-order valence-corrected chi connectivity index (χ0v) is 21.6. The highest BCUT2D eigenvalue weighted by molar-refractivity contribution is 6.12. The lowest BCUT2D eigenvalue weighted by molar-refractivity contribution is -0.145. The summed E-state index contributed by atoms with van der Waals surface area (Å²) in [7, 11) is 0. The second kappa shape index (κ2) is 23.5. The van der Waals surface area contributed by atoms with Crippen LogP contribution in [0.4, 0.5) is 0 Å². The van der Waals surface area contributed by atoms with E-state index in [1.165, 1.54) is 12.2 Å². The Kier molecular flexibility index (Phi) is 21.0. The van der Waals surface area contributed by atoms with Gasteiger partial charge in [-0.05, 0) is 6.42 Å². The second-order valence-electron chi connectivity index (χ2n) is 7.87. The Bertz CT molecular complexity index is 596. The molecule has 0 saturated carbocycles. The molecule has 0 N–H and O–H groups in total. The van der Waals surface area contributed by atoms with Gasteiger partial charge in [-0.1, -0.05) is 26.2 Å². The Morgan fingerprint density at radius 3 is 1.47 bits per heavy atom. The molecule has 11 heteroatoms. The molecule has 0 aromatic carbocycles. The number of hydrogen-bond acceptors (Lipinski definition) is 10. The molecule has 2 amide bonds. The van der Waals surface area contributed by atoms with E-state index in [4.69, 9.17) is 33.2 Å². The van der Waals surface area contributed by atoms with Crippen LogP contribution in [0.5, 0.6) is 0 Å². The summed E-state index contributed by atoms with van der Waals surface area (Å²) < 4.78 is 37.4. The van der Waals surface area contributed by atoms with Gasteiger partial charge in [0.05, 0.1) is 85.8 Å². The Morgan fingerprint density at radius 2 is 1.03 bits per heavy atom. The van der Waals surface area contributed by atoms with Gasteiger partial charge < -0.3 is 33.2 Å². The number of hydrogen-bond donors (Lipinski definition) is 0. The predicted octanol–water partition coefficient (Wildman–Crippen LogP) is 1.52. The first-order chi connectivity index (χ1) is 17.6. The van der Waals surface area contributed by atoms with Crippen LogP contribution in [0.15, 0.2) is 12.2 Å². The third-order valence-corrected chi connectivity index (χ3v) is 4.94. The molecular weight excluding hydrogens is 474 g/mol. The van der Waals surface area contributed by atoms with E-state index in [1.807, 2.05) is 0 Å². The van der Waals surface area contributed by atoms with Crippen molar-refractivity contribution in [3.8, 4) is 0 Å². The van der Waals surface area contributed by atoms with Crippen LogP contribution in [0, 0.1) is 0 Å². The molecule has 36 heavy (non-hydrogen) atoms. The zero-order chi connectivity index (χ0) is 26.1. The number of carbonyl (C=O) groups excluding carboxylic acids is 3. The van der Waals surface area contributed by atoms with Crippen molar-refractivity contribution in [3.05, 3.63) is 12.2 Å². The van der Waals surface area contributed by atoms with Crippen molar-refractivity contribution < 1.29 is 47.5 Å². The summed E-state index contributed by atoms with van der Waals surface area (Å²) in [5, 5.41) is 0. The Morgan fingerprint density at radius 1 is 0.611 bits per heavy atom. The highest BCUT2D eigenvalue weighted by atomic mass is 16.6. The number of carbonyl (C=O) groups is 3. The standard InChI is InChI=1S/C25H43NO10/c1-2-3-4-5-6-25(29)36-22-21-35-20-19-34-18-17-33-16-15-32-14-13-31-12-11-30-10-9-26-23(27)7-8-24(26)28/h7-8H,2-6,9-22H2,1H3. The molecule has 0 aliphatic carbocycles. The number of amides is 2. The van der Waals surface area contributed by atoms with E-state index >= 15 is 0 Å². The average Bonchev–Trinajstić information content (AvgIpc) is 3.19. The number of rotatable bonds is 26. The highest BCUT2D eigenvalue weighted by Gasteiger charge is 2.22. The fraction of sp³-hybridized carbons (Fsp3) is 0.800. The first-order valence-corrected chi connectivity index (χ1v) is 12.8. The number of imide groups is 1. The van der Waals surface area contributed by atoms with Gasteiger partial charge in [-0.25, -0.2) is 0 Å². The summed E-state index contributed by atoms with van der Waals surface area (Å²) in [4.78, 5) is 35.3. The summed E-state index contributed by atoms with van der Waals surface area (Å²) in [5.41, 5.74) is 0. The maximum atomic E-state index is 11.5. The Hall–Kier alpha value is -1.89. The number of esters is 1. The molecule has 0 aromatic heterocycles. The lowest BCUT2D eigenvalue weighted by atomic mass is 10.2. The molecule has 0 unspecified atom stereocenters. The highest BCUT2D eigenvalue weighted by Crippen LogP contribution is 2.03. The maximum absolute atomic E-state index is 11.5. The molecule has 0 fully saturated rings. The summed E-state index contributed by atoms with van der Waals surface area (Å²) in [6.45, 7) is 7.76. The quantitative estimate of drug-likeness (QED) is 0.0949. The molecule has 0 saturated heterocycles. The van der Waals surface area contributed by atoms with Crippen molar-refractivity contribution in [1.29, 1.82) is 0 Å². The maximum Gasteiger partial charge on any atom is 0.305 e. The fourth-order valence-corrected chi connectivity index (χ4v) is 2.99. The topological polar surface area (TPSA) is 119 Å². The van der Waals surface area contributed by atoms with Crippen LogP contribution >= 0.6 is 0 Å². The van der Waals surface area contributed by atoms with Gasteiger partial charge in [0, 0.05) is 18.6 Å². The molecule has 208 valence electrons. The van der Waals surface area contributed by atoms with Gasteiger partial charge >= 0.3 is 5.97 Å². The molecule has 1 aliphatic heterocycles. The summed E-state index contributed by atoms with van der Waals surface area (Å²) in [6, 6.07) is 0. The largest absolute Gasteiger partial charge is 0.463 e. The van der Waals surface area contributed by atoms with E-state index in [0.717, 1.165) is 30.6 Å². The van der Waals surface area contributed by atoms with Crippen molar-refractivity contribution in [2.45, 2.75) is 39.0 Å². The third kappa shape index (κ3) is 18.4. The van der Waals surface area contributed by atoms with Gasteiger partial charge in [-0.3, -0.25) is 19.3 Å². The first kappa shape index (κ1) is 32.1. The number of ether oxygens (including phenoxy) is 7. The average molecular weight is 518 g/mol. The molecule has 1 aliphatic rings. The molecule has 11 nitrogen and oxygen atoms in total. The van der Waals surface area contributed by atoms with E-state index in [-0.39, 0.29) is 37.5 Å². The van der Waals surface area contributed by atoms with Crippen molar-refractivity contribution in [2.75, 3.05) is 92.4 Å². The van der Waals surface area contributed by atoms with Gasteiger partial charge in [0.15, 0.2) is 0 Å². The number of nitrogens with zero attached hydrogens (tertiary/aromatic N) is 1. The zero-order valence-electron chi connectivity index (χ0n) is 21.6. The van der Waals surface area contributed by atoms with Gasteiger partial charge in [0.25, 0.3) is 11.8 Å². The van der Waals surface area contributed by atoms with Gasteiger partial charge in [0.2, 0.25) is 0 Å². The SMILES string of the molecule is CCCCCCC(=O)OCCOCCOCCOCCOCCOCCOCCN1C(=O)C=CC1=O. The minimum absolute atomic E-state index is 0.160. The van der Waals surface area contributed by atoms with Crippen LogP contribution in [0.2, 0.25) is 0 Å². The molecule has 1 rings (SSSR count). The van der Waals surface area contributed by atoms with E-state index in [1.54, 1.807) is 0 Å². The summed E-state index contributed by atoms with van der Waals surface area (Å²) in [5.74, 6) is -0.773. The van der Waals surface area contributed by atoms with E-state index in [0.29, 0.717) is 79.1 Å². The minimum Gasteiger partial charge on any atom is -0.463 e. The monoisotopic (exact) mass is 517 g/mol. The summed E-state index contributed by atoms with van der Waals surface area (Å²) in [6.07, 6.45) is 7.24. The molecule has 0 bridgehead atoms. The van der Waals surface area contributed by atoms with E-state index < -0.39 is 0 Å². The molecule has 0 atom stereocenters. The molecule has 0 aromatic rings. The third-order valence-electron chi connectivity index (χ3n) is 4.94. The van der Waals surface area contributed by atoms with Crippen molar-refractivity contribution in [2.24, 2.45) is 0 Å². The van der Waals surface area contributed by atoms with E-state index in [9.17, 15) is 14.4 Å². The number of unbranched alkanes of at least 4 members (excludes halogenated alkanes) is 3. The van der Waals surface area contributed by atoms with Crippen molar-refractivity contribution in [3.63, 3.8) is 0 Å². The lowest BCUT2D eigenvalue weighted by Gasteiger charge is -2.13. The first-order valence-electron chi connectivity index (χ1n) is 12.8. The van der Waals surface area contributed by atoms with Crippen LogP contribution in [0.25, 0.3) is 0 Å². The smallest absolute Gasteiger partial charge is 0.305 e. The van der Waals surface area contributed by atoms with Crippen LogP contribution in [-0.2, 0) is 47.5 Å². The molecular formula is C25H43NO10. The van der Waals surface area contributed by atoms with Crippen LogP contribution in [0.3, 0.4) is 0 Å². The molecule has 0 radical (unpaired) electrons. The second-order valence-corrected chi connectivity index (χ2v) is 7.87. The minimum atomic E-state index is -0.306. The lowest BCUT2D eigenvalue weighted by Crippen LogP contribution is -2.33. The molecule has 1 heterocycles. The van der Waals surface area contributed by atoms with Crippen LogP contribution < -0.4 is 0 Å². The van der Waals surface area contributed by atoms with Gasteiger partial charge in [-0.2, -0.15) is 0 Å². The molecule has 0 spiro atoms. The van der Waals surface area contributed by atoms with Gasteiger partial charge in [0.1, 0.15) is 6.61 Å².